The molecule has 12 heteroatoms. The van der Waals surface area contributed by atoms with E-state index in [2.05, 4.69) is 30.6 Å². The van der Waals surface area contributed by atoms with E-state index in [4.69, 9.17) is 15.2 Å². The number of aromatic amines is 1. The molecule has 3 rings (SSSR count). The summed E-state index contributed by atoms with van der Waals surface area (Å²) in [5, 5.41) is 5.81. The molecule has 2 heterocycles. The zero-order chi connectivity index (χ0) is 30.6. The number of nitrogens with one attached hydrogen (secondary N) is 3. The van der Waals surface area contributed by atoms with Gasteiger partial charge in [-0.1, -0.05) is 24.3 Å². The Labute approximate surface area is 246 Å². The van der Waals surface area contributed by atoms with Crippen LogP contribution in [0.1, 0.15) is 76.6 Å². The Bertz CT molecular complexity index is 1320. The van der Waals surface area contributed by atoms with Crippen molar-refractivity contribution in [2.45, 2.75) is 90.4 Å². The number of nitrogens with zero attached hydrogens (tertiary/aromatic N) is 3. The second-order valence-corrected chi connectivity index (χ2v) is 11.5. The van der Waals surface area contributed by atoms with Gasteiger partial charge in [-0.25, -0.2) is 9.97 Å². The van der Waals surface area contributed by atoms with E-state index in [0.717, 1.165) is 28.8 Å². The van der Waals surface area contributed by atoms with Crippen molar-refractivity contribution in [2.24, 2.45) is 0 Å². The molecule has 1 aromatic carbocycles. The summed E-state index contributed by atoms with van der Waals surface area (Å²) in [6, 6.07) is 8.06. The first-order valence-corrected chi connectivity index (χ1v) is 14.3. The topological polar surface area (TPSA) is 174 Å². The van der Waals surface area contributed by atoms with Crippen LogP contribution in [0.15, 0.2) is 30.6 Å². The highest BCUT2D eigenvalue weighted by Crippen LogP contribution is 2.19. The smallest absolute Gasteiger partial charge is 0.293 e. The van der Waals surface area contributed by atoms with Crippen LogP contribution in [0.3, 0.4) is 0 Å². The number of rotatable bonds is 18. The third-order valence-corrected chi connectivity index (χ3v) is 6.95. The standard InChI is InChI=1S/C30H43N7O5/c1-29(2,41-17-15-30(3,4)42-20-38)14-16-32-24(39)6-5-7-25(40)33-18-22-10-8-21(9-11-22)12-13-23-26-27(35-19-34-26)37-28(31)36-23/h8-11,19-20H,5-7,12-18H2,1-4H3,(H,32,39)(H,33,40)(H3,31,34,35,36,37). The third-order valence-electron chi connectivity index (χ3n) is 6.95. The number of carbonyl (C=O) groups is 3. The molecule has 0 saturated heterocycles. The number of nitrogens with two attached hydrogens (primary N) is 1. The number of aryl methyl sites for hydroxylation is 2. The van der Waals surface area contributed by atoms with Gasteiger partial charge in [0.15, 0.2) is 5.65 Å². The summed E-state index contributed by atoms with van der Waals surface area (Å²) in [6.07, 6.45) is 5.28. The largest absolute Gasteiger partial charge is 0.462 e. The molecule has 0 spiro atoms. The summed E-state index contributed by atoms with van der Waals surface area (Å²) in [5.41, 5.74) is 9.10. The van der Waals surface area contributed by atoms with E-state index in [1.54, 1.807) is 6.33 Å². The lowest BCUT2D eigenvalue weighted by atomic mass is 10.0. The van der Waals surface area contributed by atoms with Gasteiger partial charge >= 0.3 is 0 Å². The highest BCUT2D eigenvalue weighted by molar-refractivity contribution is 5.78. The van der Waals surface area contributed by atoms with Crippen LogP contribution in [0, 0.1) is 0 Å². The van der Waals surface area contributed by atoms with E-state index in [0.29, 0.717) is 57.5 Å². The summed E-state index contributed by atoms with van der Waals surface area (Å²) >= 11 is 0. The summed E-state index contributed by atoms with van der Waals surface area (Å²) in [5.74, 6) is 0.0405. The summed E-state index contributed by atoms with van der Waals surface area (Å²) in [4.78, 5) is 50.7. The van der Waals surface area contributed by atoms with Crippen molar-refractivity contribution in [3.05, 3.63) is 47.4 Å². The molecule has 0 aliphatic heterocycles. The Morgan fingerprint density at radius 1 is 0.952 bits per heavy atom. The van der Waals surface area contributed by atoms with E-state index in [1.165, 1.54) is 0 Å². The molecular formula is C30H43N7O5. The number of fused-ring (bicyclic) bond motifs is 1. The van der Waals surface area contributed by atoms with Gasteiger partial charge < -0.3 is 30.8 Å². The lowest BCUT2D eigenvalue weighted by molar-refractivity contribution is -0.143. The molecule has 5 N–H and O–H groups in total. The number of H-pyrrole nitrogens is 1. The number of anilines is 1. The highest BCUT2D eigenvalue weighted by atomic mass is 16.5. The summed E-state index contributed by atoms with van der Waals surface area (Å²) < 4.78 is 10.9. The number of aromatic nitrogens is 4. The number of amides is 2. The van der Waals surface area contributed by atoms with Crippen molar-refractivity contribution in [3.8, 4) is 0 Å². The molecule has 0 saturated carbocycles. The molecule has 0 fully saturated rings. The molecule has 12 nitrogen and oxygen atoms in total. The molecule has 0 atom stereocenters. The van der Waals surface area contributed by atoms with Gasteiger partial charge in [0.05, 0.1) is 24.2 Å². The van der Waals surface area contributed by atoms with Crippen molar-refractivity contribution in [1.82, 2.24) is 30.6 Å². The van der Waals surface area contributed by atoms with Crippen molar-refractivity contribution in [1.29, 1.82) is 0 Å². The molecule has 42 heavy (non-hydrogen) atoms. The highest BCUT2D eigenvalue weighted by Gasteiger charge is 2.23. The van der Waals surface area contributed by atoms with Crippen LogP contribution in [0.4, 0.5) is 5.95 Å². The van der Waals surface area contributed by atoms with Gasteiger partial charge in [0.25, 0.3) is 6.47 Å². The molecule has 0 bridgehead atoms. The minimum Gasteiger partial charge on any atom is -0.462 e. The van der Waals surface area contributed by atoms with Gasteiger partial charge in [-0.15, -0.1) is 0 Å². The maximum Gasteiger partial charge on any atom is 0.293 e. The average molecular weight is 582 g/mol. The fourth-order valence-electron chi connectivity index (χ4n) is 4.30. The number of carbonyl (C=O) groups excluding carboxylic acids is 3. The van der Waals surface area contributed by atoms with E-state index in [-0.39, 0.29) is 30.6 Å². The number of hydrogen-bond acceptors (Lipinski definition) is 9. The van der Waals surface area contributed by atoms with Crippen molar-refractivity contribution in [3.63, 3.8) is 0 Å². The number of nitrogen functional groups attached to an aromatic ring is 1. The first kappa shape index (κ1) is 32.5. The minimum absolute atomic E-state index is 0.0904. The van der Waals surface area contributed by atoms with Gasteiger partial charge in [0, 0.05) is 32.4 Å². The number of hydrogen-bond donors (Lipinski definition) is 4. The Kier molecular flexibility index (Phi) is 11.8. The Balaban J connectivity index is 1.27. The molecule has 2 amide bonds. The fourth-order valence-corrected chi connectivity index (χ4v) is 4.30. The molecule has 0 radical (unpaired) electrons. The Morgan fingerprint density at radius 2 is 1.64 bits per heavy atom. The molecule has 3 aromatic rings. The summed E-state index contributed by atoms with van der Waals surface area (Å²) in [7, 11) is 0. The van der Waals surface area contributed by atoms with Crippen molar-refractivity contribution < 1.29 is 23.9 Å². The average Bonchev–Trinajstić information content (AvgIpc) is 3.39. The zero-order valence-corrected chi connectivity index (χ0v) is 25.0. The quantitative estimate of drug-likeness (QED) is 0.165. The summed E-state index contributed by atoms with van der Waals surface area (Å²) in [6.45, 7) is 9.37. The van der Waals surface area contributed by atoms with Gasteiger partial charge in [-0.2, -0.15) is 4.98 Å². The predicted molar refractivity (Wildman–Crippen MR) is 159 cm³/mol. The minimum atomic E-state index is -0.576. The molecule has 0 aliphatic carbocycles. The Hall–Kier alpha value is -4.06. The molecule has 2 aromatic heterocycles. The van der Waals surface area contributed by atoms with Crippen LogP contribution in [0.5, 0.6) is 0 Å². The first-order valence-electron chi connectivity index (χ1n) is 14.3. The van der Waals surface area contributed by atoms with Crippen molar-refractivity contribution >= 4 is 35.4 Å². The lowest BCUT2D eigenvalue weighted by Gasteiger charge is -2.28. The number of imidazole rings is 1. The van der Waals surface area contributed by atoms with E-state index >= 15 is 0 Å². The second kappa shape index (κ2) is 15.2. The van der Waals surface area contributed by atoms with Crippen molar-refractivity contribution in [2.75, 3.05) is 18.9 Å². The maximum atomic E-state index is 12.3. The molecule has 0 aliphatic rings. The maximum absolute atomic E-state index is 12.3. The SMILES string of the molecule is CC(C)(CCOC(C)(C)CCNC(=O)CCCC(=O)NCc1ccc(CCc2nc(N)nc3[nH]cnc23)cc1)OC=O. The second-order valence-electron chi connectivity index (χ2n) is 11.5. The molecule has 0 unspecified atom stereocenters. The van der Waals surface area contributed by atoms with Gasteiger partial charge in [0.2, 0.25) is 17.8 Å². The van der Waals surface area contributed by atoms with Crippen LogP contribution >= 0.6 is 0 Å². The first-order chi connectivity index (χ1) is 20.0. The Morgan fingerprint density at radius 3 is 2.36 bits per heavy atom. The van der Waals surface area contributed by atoms with Crippen LogP contribution in [-0.4, -0.2) is 62.6 Å². The van der Waals surface area contributed by atoms with Crippen LogP contribution in [0.2, 0.25) is 0 Å². The zero-order valence-electron chi connectivity index (χ0n) is 25.0. The van der Waals surface area contributed by atoms with Crippen LogP contribution in [0.25, 0.3) is 11.2 Å². The van der Waals surface area contributed by atoms with Crippen LogP contribution < -0.4 is 16.4 Å². The van der Waals surface area contributed by atoms with E-state index in [9.17, 15) is 14.4 Å². The van der Waals surface area contributed by atoms with Gasteiger partial charge in [-0.3, -0.25) is 14.4 Å². The van der Waals surface area contributed by atoms with E-state index in [1.807, 2.05) is 52.0 Å². The van der Waals surface area contributed by atoms with E-state index < -0.39 is 11.2 Å². The fraction of sp³-hybridized carbons (Fsp3) is 0.533. The molecule has 228 valence electrons. The number of ether oxygens (including phenoxy) is 2. The monoisotopic (exact) mass is 581 g/mol. The number of benzene rings is 1. The predicted octanol–water partition coefficient (Wildman–Crippen LogP) is 3.15. The lowest BCUT2D eigenvalue weighted by Crippen LogP contribution is -2.34. The third kappa shape index (κ3) is 11.1. The molecular weight excluding hydrogens is 538 g/mol. The van der Waals surface area contributed by atoms with Crippen LogP contribution in [-0.2, 0) is 43.2 Å². The van der Waals surface area contributed by atoms with Gasteiger partial charge in [0.1, 0.15) is 11.1 Å². The normalized spacial score (nSPS) is 11.8. The van der Waals surface area contributed by atoms with Gasteiger partial charge in [-0.05, 0) is 64.5 Å².